The van der Waals surface area contributed by atoms with E-state index in [1.807, 2.05) is 0 Å². The summed E-state index contributed by atoms with van der Waals surface area (Å²) < 4.78 is 122. The average Bonchev–Trinajstić information content (AvgIpc) is 2.07. The first-order chi connectivity index (χ1) is 8.17. The van der Waals surface area contributed by atoms with Gasteiger partial charge in [0, 0.05) is 0 Å². The van der Waals surface area contributed by atoms with Crippen LogP contribution in [-0.4, -0.2) is 30.3 Å². The van der Waals surface area contributed by atoms with Crippen LogP contribution in [0.2, 0.25) is 0 Å². The molecule has 19 heavy (non-hydrogen) atoms. The minimum atomic E-state index is -6.53. The lowest BCUT2D eigenvalue weighted by atomic mass is 10.2. The molecule has 0 rings (SSSR count). The van der Waals surface area contributed by atoms with Crippen molar-refractivity contribution in [2.24, 2.45) is 0 Å². The van der Waals surface area contributed by atoms with Crippen LogP contribution < -0.4 is 0 Å². The van der Waals surface area contributed by atoms with Crippen molar-refractivity contribution in [1.82, 2.24) is 0 Å². The normalized spacial score (nSPS) is 17.2. The van der Waals surface area contributed by atoms with E-state index in [4.69, 9.17) is 0 Å². The number of alkyl halides is 8. The monoisotopic (exact) mass is 312 g/mol. The summed E-state index contributed by atoms with van der Waals surface area (Å²) in [5.74, 6) is -5.79. The number of hydrogen-bond acceptors (Lipinski definition) is 3. The minimum absolute atomic E-state index is 1.70. The molecule has 1 atom stereocenters. The third-order valence-corrected chi connectivity index (χ3v) is 1.44. The Hall–Kier alpha value is -1.11. The van der Waals surface area contributed by atoms with Gasteiger partial charge in [-0.05, 0) is 4.53 Å². The molecule has 1 unspecified atom stereocenters. The fraction of sp³-hybridized carbons (Fsp3) is 0.833. The Kier molecular flexibility index (Phi) is 4.81. The zero-order chi connectivity index (χ0) is 15.7. The van der Waals surface area contributed by atoms with E-state index in [1.165, 1.54) is 0 Å². The predicted octanol–water partition coefficient (Wildman–Crippen LogP) is 3.20. The van der Waals surface area contributed by atoms with Gasteiger partial charge in [0.2, 0.25) is 0 Å². The second kappa shape index (κ2) is 5.11. The Labute approximate surface area is 96.5 Å². The summed E-state index contributed by atoms with van der Waals surface area (Å²) in [6.07, 6.45) is -21.4. The van der Waals surface area contributed by atoms with E-state index >= 15 is 0 Å². The molecule has 0 heterocycles. The van der Waals surface area contributed by atoms with E-state index < -0.39 is 36.7 Å². The lowest BCUT2D eigenvalue weighted by Crippen LogP contribution is -2.57. The van der Waals surface area contributed by atoms with Gasteiger partial charge in [-0.2, -0.15) is 39.5 Å². The van der Waals surface area contributed by atoms with Crippen LogP contribution in [0.4, 0.5) is 44.0 Å². The highest BCUT2D eigenvalue weighted by molar-refractivity contribution is 5.77. The Morgan fingerprint density at radius 3 is 1.58 bits per heavy atom. The summed E-state index contributed by atoms with van der Waals surface area (Å²) in [5.41, 5.74) is 0. The number of carbonyl (C=O) groups is 1. The van der Waals surface area contributed by atoms with Gasteiger partial charge >= 0.3 is 30.3 Å². The molecule has 0 aliphatic carbocycles. The molecule has 0 saturated carbocycles. The van der Waals surface area contributed by atoms with Crippen molar-refractivity contribution in [3.63, 3.8) is 0 Å². The topological polar surface area (TPSA) is 35.5 Å². The Morgan fingerprint density at radius 2 is 1.37 bits per heavy atom. The SMILES string of the molecule is O=C(F)C(OF)(OC(F)(F)CC(F)(F)F)C(F)(F)F. The number of rotatable bonds is 5. The summed E-state index contributed by atoms with van der Waals surface area (Å²) in [4.78, 5) is 11.6. The zero-order valence-corrected chi connectivity index (χ0v) is 8.21. The van der Waals surface area contributed by atoms with Crippen LogP contribution in [0.5, 0.6) is 0 Å². The molecule has 0 aromatic heterocycles. The fourth-order valence-electron chi connectivity index (χ4n) is 0.779. The molecule has 0 aromatic rings. The van der Waals surface area contributed by atoms with Gasteiger partial charge in [-0.1, -0.05) is 0 Å². The number of hydrogen-bond donors (Lipinski definition) is 0. The third kappa shape index (κ3) is 4.49. The molecule has 0 radical (unpaired) electrons. The quantitative estimate of drug-likeness (QED) is 0.444. The maximum absolute atomic E-state index is 12.5. The van der Waals surface area contributed by atoms with Gasteiger partial charge in [-0.25, -0.2) is 0 Å². The molecule has 0 aliphatic rings. The molecule has 0 bridgehead atoms. The van der Waals surface area contributed by atoms with Gasteiger partial charge in [0.25, 0.3) is 0 Å². The van der Waals surface area contributed by atoms with Gasteiger partial charge in [-0.3, -0.25) is 9.53 Å². The molecule has 0 N–H and O–H groups in total. The van der Waals surface area contributed by atoms with Crippen LogP contribution in [0, 0.1) is 0 Å². The van der Waals surface area contributed by atoms with Gasteiger partial charge in [0.1, 0.15) is 6.42 Å². The second-order valence-electron chi connectivity index (χ2n) is 3.00. The number of halogens is 10. The van der Waals surface area contributed by atoms with Crippen LogP contribution in [0.15, 0.2) is 0 Å². The van der Waals surface area contributed by atoms with Crippen molar-refractivity contribution in [3.05, 3.63) is 0 Å². The van der Waals surface area contributed by atoms with Crippen molar-refractivity contribution in [2.75, 3.05) is 0 Å². The molecule has 0 saturated heterocycles. The zero-order valence-electron chi connectivity index (χ0n) is 8.21. The molecular weight excluding hydrogens is 310 g/mol. The van der Waals surface area contributed by atoms with Crippen LogP contribution in [-0.2, 0) is 14.5 Å². The van der Waals surface area contributed by atoms with Crippen LogP contribution in [0.1, 0.15) is 6.42 Å². The lowest BCUT2D eigenvalue weighted by molar-refractivity contribution is -0.477. The predicted molar refractivity (Wildman–Crippen MR) is 33.8 cm³/mol. The molecule has 0 fully saturated rings. The van der Waals surface area contributed by atoms with Gasteiger partial charge in [0.15, 0.2) is 0 Å². The number of carbonyl (C=O) groups excluding carboxylic acids is 1. The van der Waals surface area contributed by atoms with E-state index in [-0.39, 0.29) is 0 Å². The van der Waals surface area contributed by atoms with E-state index in [1.54, 1.807) is 4.94 Å². The molecule has 3 nitrogen and oxygen atoms in total. The highest BCUT2D eigenvalue weighted by Gasteiger charge is 2.70. The lowest BCUT2D eigenvalue weighted by Gasteiger charge is -2.30. The van der Waals surface area contributed by atoms with Crippen molar-refractivity contribution in [2.45, 2.75) is 30.7 Å². The average molecular weight is 312 g/mol. The summed E-state index contributed by atoms with van der Waals surface area (Å²) in [5, 5.41) is 0. The summed E-state index contributed by atoms with van der Waals surface area (Å²) in [7, 11) is 0. The fourth-order valence-corrected chi connectivity index (χ4v) is 0.779. The first-order valence-corrected chi connectivity index (χ1v) is 3.88. The largest absolute Gasteiger partial charge is 0.457 e. The van der Waals surface area contributed by atoms with E-state index in [0.29, 0.717) is 0 Å². The van der Waals surface area contributed by atoms with Crippen molar-refractivity contribution in [3.8, 4) is 0 Å². The van der Waals surface area contributed by atoms with Crippen molar-refractivity contribution >= 4 is 6.04 Å². The summed E-state index contributed by atoms with van der Waals surface area (Å²) >= 11 is 0. The first-order valence-electron chi connectivity index (χ1n) is 3.88. The van der Waals surface area contributed by atoms with Crippen LogP contribution in [0.3, 0.4) is 0 Å². The van der Waals surface area contributed by atoms with Gasteiger partial charge in [0.05, 0.1) is 0 Å². The maximum Gasteiger partial charge on any atom is 0.457 e. The van der Waals surface area contributed by atoms with Crippen LogP contribution in [0.25, 0.3) is 0 Å². The molecule has 0 aliphatic heterocycles. The highest BCUT2D eigenvalue weighted by Crippen LogP contribution is 2.43. The Balaban J connectivity index is 5.41. The minimum Gasteiger partial charge on any atom is -0.267 e. The molecule has 13 heteroatoms. The Morgan fingerprint density at radius 1 is 0.947 bits per heavy atom. The summed E-state index contributed by atoms with van der Waals surface area (Å²) in [6, 6.07) is -3.94. The number of ether oxygens (including phenoxy) is 1. The van der Waals surface area contributed by atoms with E-state index in [0.717, 1.165) is 0 Å². The Bertz CT molecular complexity index is 333. The van der Waals surface area contributed by atoms with Crippen LogP contribution >= 0.6 is 0 Å². The molecule has 0 aromatic carbocycles. The third-order valence-electron chi connectivity index (χ3n) is 1.44. The van der Waals surface area contributed by atoms with E-state index in [2.05, 4.69) is 4.74 Å². The molecule has 0 amide bonds. The standard InChI is InChI=1S/C6H2F10O3/c7-2(17)5(19-16,6(13,14)15)18-4(11,12)1-3(8,9)10/h1H2. The summed E-state index contributed by atoms with van der Waals surface area (Å²) in [6.45, 7) is 0. The molecule has 114 valence electrons. The molecule has 0 spiro atoms. The first kappa shape index (κ1) is 17.9. The van der Waals surface area contributed by atoms with Crippen molar-refractivity contribution in [1.29, 1.82) is 0 Å². The van der Waals surface area contributed by atoms with Gasteiger partial charge < -0.3 is 0 Å². The smallest absolute Gasteiger partial charge is 0.267 e. The second-order valence-corrected chi connectivity index (χ2v) is 3.00. The molecular formula is C6H2F10O3. The van der Waals surface area contributed by atoms with E-state index in [9.17, 15) is 48.8 Å². The van der Waals surface area contributed by atoms with Crippen molar-refractivity contribution < 1.29 is 58.5 Å². The highest BCUT2D eigenvalue weighted by atomic mass is 19.4. The maximum atomic E-state index is 12.5. The van der Waals surface area contributed by atoms with Gasteiger partial charge in [-0.15, -0.1) is 4.94 Å².